The summed E-state index contributed by atoms with van der Waals surface area (Å²) in [5, 5.41) is 0. The minimum atomic E-state index is -2.48. The molecule has 0 saturated heterocycles. The van der Waals surface area contributed by atoms with Crippen LogP contribution in [-0.4, -0.2) is 11.1 Å². The molecular formula is C14H15O2P. The smallest absolute Gasteiger partial charge is 0.190 e. The number of hydrogen-bond acceptors (Lipinski definition) is 1. The van der Waals surface area contributed by atoms with Crippen molar-refractivity contribution in [1.82, 2.24) is 0 Å². The second-order valence-corrected chi connectivity index (χ2v) is 5.17. The Kier molecular flexibility index (Phi) is 4.13. The first-order valence-electron chi connectivity index (χ1n) is 5.59. The minimum Gasteiger partial charge on any atom is -0.346 e. The topological polar surface area (TPSA) is 37.3 Å². The molecule has 88 valence electrons. The van der Waals surface area contributed by atoms with Crippen LogP contribution in [0.5, 0.6) is 0 Å². The van der Waals surface area contributed by atoms with Crippen LogP contribution in [0.15, 0.2) is 60.7 Å². The van der Waals surface area contributed by atoms with Gasteiger partial charge in [-0.2, -0.15) is 0 Å². The van der Waals surface area contributed by atoms with Gasteiger partial charge in [-0.15, -0.1) is 0 Å². The van der Waals surface area contributed by atoms with Crippen LogP contribution in [0.1, 0.15) is 17.0 Å². The van der Waals surface area contributed by atoms with E-state index in [2.05, 4.69) is 0 Å². The molecule has 0 spiro atoms. The van der Waals surface area contributed by atoms with E-state index in [9.17, 15) is 9.46 Å². The summed E-state index contributed by atoms with van der Waals surface area (Å²) in [6.07, 6.45) is 0.304. The van der Waals surface area contributed by atoms with E-state index in [0.717, 1.165) is 11.1 Å². The first-order valence-corrected chi connectivity index (χ1v) is 7.15. The van der Waals surface area contributed by atoms with Crippen LogP contribution in [0.3, 0.4) is 0 Å². The predicted molar refractivity (Wildman–Crippen MR) is 70.8 cm³/mol. The second kappa shape index (κ2) is 5.81. The normalized spacial score (nSPS) is 12.6. The highest BCUT2D eigenvalue weighted by atomic mass is 31.1. The van der Waals surface area contributed by atoms with Gasteiger partial charge in [-0.05, 0) is 11.1 Å². The lowest BCUT2D eigenvalue weighted by Gasteiger charge is -2.16. The van der Waals surface area contributed by atoms with Gasteiger partial charge in [-0.3, -0.25) is 4.57 Å². The van der Waals surface area contributed by atoms with Gasteiger partial charge in [0.05, 0.1) is 0 Å². The van der Waals surface area contributed by atoms with Crippen molar-refractivity contribution in [3.63, 3.8) is 0 Å². The van der Waals surface area contributed by atoms with Crippen molar-refractivity contribution in [3.8, 4) is 0 Å². The zero-order valence-corrected chi connectivity index (χ0v) is 10.4. The molecule has 1 N–H and O–H groups in total. The minimum absolute atomic E-state index is 0.00814. The molecule has 0 heterocycles. The van der Waals surface area contributed by atoms with Gasteiger partial charge in [0.25, 0.3) is 0 Å². The highest BCUT2D eigenvalue weighted by molar-refractivity contribution is 7.38. The van der Waals surface area contributed by atoms with Gasteiger partial charge in [0, 0.05) is 12.1 Å². The first kappa shape index (κ1) is 12.1. The molecule has 0 aliphatic carbocycles. The SMILES string of the molecule is O=[PH](O)CC(c1ccccc1)c1ccccc1. The van der Waals surface area contributed by atoms with Crippen molar-refractivity contribution in [2.75, 3.05) is 6.16 Å². The van der Waals surface area contributed by atoms with Crippen molar-refractivity contribution >= 4 is 8.03 Å². The molecule has 2 aromatic carbocycles. The van der Waals surface area contributed by atoms with Gasteiger partial charge >= 0.3 is 0 Å². The molecule has 0 saturated carbocycles. The van der Waals surface area contributed by atoms with E-state index < -0.39 is 8.03 Å². The van der Waals surface area contributed by atoms with Crippen molar-refractivity contribution in [3.05, 3.63) is 71.8 Å². The van der Waals surface area contributed by atoms with Gasteiger partial charge in [-0.25, -0.2) is 0 Å². The van der Waals surface area contributed by atoms with Crippen LogP contribution in [0, 0.1) is 0 Å². The zero-order valence-electron chi connectivity index (χ0n) is 9.41. The van der Waals surface area contributed by atoms with E-state index in [-0.39, 0.29) is 5.92 Å². The third kappa shape index (κ3) is 3.29. The van der Waals surface area contributed by atoms with E-state index >= 15 is 0 Å². The fourth-order valence-electron chi connectivity index (χ4n) is 1.97. The van der Waals surface area contributed by atoms with E-state index in [1.165, 1.54) is 0 Å². The van der Waals surface area contributed by atoms with Crippen LogP contribution in [-0.2, 0) is 4.57 Å². The van der Waals surface area contributed by atoms with E-state index in [1.54, 1.807) is 0 Å². The predicted octanol–water partition coefficient (Wildman–Crippen LogP) is 3.29. The van der Waals surface area contributed by atoms with Crippen LogP contribution < -0.4 is 0 Å². The molecule has 0 fully saturated rings. The summed E-state index contributed by atoms with van der Waals surface area (Å²) in [6, 6.07) is 19.7. The first-order chi connectivity index (χ1) is 8.27. The molecule has 3 heteroatoms. The van der Waals surface area contributed by atoms with Gasteiger partial charge in [0.1, 0.15) is 0 Å². The van der Waals surface area contributed by atoms with Crippen molar-refractivity contribution in [2.24, 2.45) is 0 Å². The summed E-state index contributed by atoms with van der Waals surface area (Å²) < 4.78 is 11.1. The summed E-state index contributed by atoms with van der Waals surface area (Å²) >= 11 is 0. The molecule has 1 atom stereocenters. The van der Waals surface area contributed by atoms with Crippen LogP contribution in [0.25, 0.3) is 0 Å². The molecule has 0 aromatic heterocycles. The lowest BCUT2D eigenvalue weighted by Crippen LogP contribution is -2.03. The summed E-state index contributed by atoms with van der Waals surface area (Å²) in [5.74, 6) is 0.00814. The van der Waals surface area contributed by atoms with Crippen molar-refractivity contribution < 1.29 is 9.46 Å². The molecule has 0 amide bonds. The van der Waals surface area contributed by atoms with Crippen LogP contribution in [0.4, 0.5) is 0 Å². The Morgan fingerprint density at radius 3 is 1.65 bits per heavy atom. The Balaban J connectivity index is 2.36. The zero-order chi connectivity index (χ0) is 12.1. The molecule has 0 radical (unpaired) electrons. The number of hydrogen-bond donors (Lipinski definition) is 1. The van der Waals surface area contributed by atoms with Crippen LogP contribution >= 0.6 is 8.03 Å². The third-order valence-electron chi connectivity index (χ3n) is 2.78. The lowest BCUT2D eigenvalue weighted by molar-refractivity contribution is 0.500. The average Bonchev–Trinajstić information content (AvgIpc) is 2.38. The van der Waals surface area contributed by atoms with Gasteiger partial charge in [-0.1, -0.05) is 60.7 Å². The Morgan fingerprint density at radius 2 is 1.29 bits per heavy atom. The van der Waals surface area contributed by atoms with Gasteiger partial charge in [0.2, 0.25) is 0 Å². The van der Waals surface area contributed by atoms with Crippen LogP contribution in [0.2, 0.25) is 0 Å². The maximum atomic E-state index is 11.1. The standard InChI is InChI=1S/C14H15O2P/c15-17(16)11-14(12-7-3-1-4-8-12)13-9-5-2-6-10-13/h1-10,14,17H,11H2,(H,15,16). The maximum Gasteiger partial charge on any atom is 0.190 e. The molecule has 0 bridgehead atoms. The molecule has 1 unspecified atom stereocenters. The average molecular weight is 246 g/mol. The Bertz CT molecular complexity index is 443. The number of rotatable bonds is 4. The van der Waals surface area contributed by atoms with Crippen molar-refractivity contribution in [1.29, 1.82) is 0 Å². The van der Waals surface area contributed by atoms with Gasteiger partial charge in [0.15, 0.2) is 8.03 Å². The largest absolute Gasteiger partial charge is 0.346 e. The quantitative estimate of drug-likeness (QED) is 0.840. The molecule has 2 nitrogen and oxygen atoms in total. The maximum absolute atomic E-state index is 11.1. The van der Waals surface area contributed by atoms with E-state index in [0.29, 0.717) is 6.16 Å². The Morgan fingerprint density at radius 1 is 0.882 bits per heavy atom. The van der Waals surface area contributed by atoms with E-state index in [4.69, 9.17) is 0 Å². The molecule has 17 heavy (non-hydrogen) atoms. The third-order valence-corrected chi connectivity index (χ3v) is 3.54. The highest BCUT2D eigenvalue weighted by Crippen LogP contribution is 2.31. The summed E-state index contributed by atoms with van der Waals surface area (Å²) in [4.78, 5) is 9.19. The molecule has 0 aliphatic heterocycles. The van der Waals surface area contributed by atoms with E-state index in [1.807, 2.05) is 60.7 Å². The second-order valence-electron chi connectivity index (χ2n) is 3.97. The summed E-state index contributed by atoms with van der Waals surface area (Å²) in [6.45, 7) is 0. The van der Waals surface area contributed by atoms with Gasteiger partial charge < -0.3 is 4.89 Å². The molecule has 2 aromatic rings. The fraction of sp³-hybridized carbons (Fsp3) is 0.143. The Labute approximate surface area is 102 Å². The molecule has 0 aliphatic rings. The Hall–Kier alpha value is -1.37. The summed E-state index contributed by atoms with van der Waals surface area (Å²) in [5.41, 5.74) is 2.18. The monoisotopic (exact) mass is 246 g/mol. The summed E-state index contributed by atoms with van der Waals surface area (Å²) in [7, 11) is -2.48. The lowest BCUT2D eigenvalue weighted by atomic mass is 9.93. The molecular weight excluding hydrogens is 231 g/mol. The highest BCUT2D eigenvalue weighted by Gasteiger charge is 2.15. The number of benzene rings is 2. The fourth-order valence-corrected chi connectivity index (χ4v) is 2.79. The molecule has 2 rings (SSSR count). The van der Waals surface area contributed by atoms with Crippen molar-refractivity contribution in [2.45, 2.75) is 5.92 Å².